The Balaban J connectivity index is 2.37. The number of nitrogens with two attached hydrogens (primary N) is 1. The second kappa shape index (κ2) is 5.07. The zero-order chi connectivity index (χ0) is 14.9. The Kier molecular flexibility index (Phi) is 3.61. The Morgan fingerprint density at radius 2 is 1.70 bits per heavy atom. The van der Waals surface area contributed by atoms with Crippen molar-refractivity contribution in [1.82, 2.24) is 0 Å². The van der Waals surface area contributed by atoms with Crippen molar-refractivity contribution in [3.8, 4) is 0 Å². The van der Waals surface area contributed by atoms with Gasteiger partial charge in [-0.1, -0.05) is 12.1 Å². The summed E-state index contributed by atoms with van der Waals surface area (Å²) in [5.74, 6) is 0. The maximum atomic E-state index is 12.8. The van der Waals surface area contributed by atoms with Gasteiger partial charge in [0, 0.05) is 17.1 Å². The largest absolute Gasteiger partial charge is 0.418 e. The Morgan fingerprint density at radius 1 is 1.00 bits per heavy atom. The van der Waals surface area contributed by atoms with Crippen LogP contribution in [0.15, 0.2) is 36.4 Å². The molecule has 0 aliphatic rings. The van der Waals surface area contributed by atoms with Gasteiger partial charge in [0.05, 0.1) is 5.56 Å². The molecular formula is C15H15F3N2. The monoisotopic (exact) mass is 280 g/mol. The second-order valence-electron chi connectivity index (χ2n) is 4.74. The van der Waals surface area contributed by atoms with Crippen molar-refractivity contribution in [2.24, 2.45) is 0 Å². The van der Waals surface area contributed by atoms with E-state index in [0.29, 0.717) is 5.69 Å². The summed E-state index contributed by atoms with van der Waals surface area (Å²) < 4.78 is 38.4. The zero-order valence-electron chi connectivity index (χ0n) is 11.2. The molecule has 20 heavy (non-hydrogen) atoms. The third-order valence-electron chi connectivity index (χ3n) is 3.03. The van der Waals surface area contributed by atoms with E-state index < -0.39 is 11.7 Å². The van der Waals surface area contributed by atoms with Crippen molar-refractivity contribution in [2.45, 2.75) is 20.0 Å². The third-order valence-corrected chi connectivity index (χ3v) is 3.03. The molecule has 0 aromatic heterocycles. The van der Waals surface area contributed by atoms with Crippen molar-refractivity contribution >= 4 is 17.1 Å². The SMILES string of the molecule is Cc1ccc(C)c(Nc2ccc(N)c(C(F)(F)F)c2)c1. The summed E-state index contributed by atoms with van der Waals surface area (Å²) >= 11 is 0. The smallest absolute Gasteiger partial charge is 0.398 e. The van der Waals surface area contributed by atoms with Crippen molar-refractivity contribution in [1.29, 1.82) is 0 Å². The van der Waals surface area contributed by atoms with E-state index >= 15 is 0 Å². The number of hydrogen-bond donors (Lipinski definition) is 2. The normalized spacial score (nSPS) is 11.4. The molecule has 0 atom stereocenters. The van der Waals surface area contributed by atoms with Crippen LogP contribution < -0.4 is 11.1 Å². The van der Waals surface area contributed by atoms with Crippen LogP contribution in [-0.2, 0) is 6.18 Å². The first-order chi connectivity index (χ1) is 9.27. The van der Waals surface area contributed by atoms with E-state index in [1.165, 1.54) is 12.1 Å². The second-order valence-corrected chi connectivity index (χ2v) is 4.74. The average Bonchev–Trinajstić information content (AvgIpc) is 2.35. The quantitative estimate of drug-likeness (QED) is 0.786. The van der Waals surface area contributed by atoms with Crippen LogP contribution in [0.2, 0.25) is 0 Å². The minimum absolute atomic E-state index is 0.274. The maximum Gasteiger partial charge on any atom is 0.418 e. The summed E-state index contributed by atoms with van der Waals surface area (Å²) in [5, 5.41) is 3.00. The number of anilines is 3. The molecule has 0 saturated heterocycles. The number of halogens is 3. The molecule has 0 unspecified atom stereocenters. The summed E-state index contributed by atoms with van der Waals surface area (Å²) in [7, 11) is 0. The van der Waals surface area contributed by atoms with E-state index in [2.05, 4.69) is 5.32 Å². The summed E-state index contributed by atoms with van der Waals surface area (Å²) in [6.07, 6.45) is -4.45. The zero-order valence-corrected chi connectivity index (χ0v) is 11.2. The van der Waals surface area contributed by atoms with Crippen LogP contribution in [0.3, 0.4) is 0 Å². The average molecular weight is 280 g/mol. The number of nitrogens with one attached hydrogen (secondary N) is 1. The molecule has 0 radical (unpaired) electrons. The Bertz CT molecular complexity index is 634. The van der Waals surface area contributed by atoms with Gasteiger partial charge in [-0.15, -0.1) is 0 Å². The van der Waals surface area contributed by atoms with Crippen molar-refractivity contribution in [3.63, 3.8) is 0 Å². The summed E-state index contributed by atoms with van der Waals surface area (Å²) in [4.78, 5) is 0. The summed E-state index contributed by atoms with van der Waals surface area (Å²) in [5.41, 5.74) is 7.41. The van der Waals surface area contributed by atoms with Gasteiger partial charge in [-0.25, -0.2) is 0 Å². The molecule has 106 valence electrons. The summed E-state index contributed by atoms with van der Waals surface area (Å²) in [6, 6.07) is 9.57. The van der Waals surface area contributed by atoms with Gasteiger partial charge in [0.1, 0.15) is 0 Å². The first-order valence-electron chi connectivity index (χ1n) is 6.08. The van der Waals surface area contributed by atoms with Gasteiger partial charge in [-0.3, -0.25) is 0 Å². The van der Waals surface area contributed by atoms with Gasteiger partial charge < -0.3 is 11.1 Å². The van der Waals surface area contributed by atoms with E-state index in [0.717, 1.165) is 22.9 Å². The van der Waals surface area contributed by atoms with Crippen LogP contribution in [-0.4, -0.2) is 0 Å². The molecule has 2 aromatic rings. The molecule has 2 nitrogen and oxygen atoms in total. The Morgan fingerprint density at radius 3 is 2.35 bits per heavy atom. The first kappa shape index (κ1) is 14.2. The highest BCUT2D eigenvalue weighted by molar-refractivity contribution is 5.67. The van der Waals surface area contributed by atoms with Gasteiger partial charge in [0.2, 0.25) is 0 Å². The van der Waals surface area contributed by atoms with E-state index in [4.69, 9.17) is 5.73 Å². The molecule has 0 aliphatic carbocycles. The molecule has 0 heterocycles. The first-order valence-corrected chi connectivity index (χ1v) is 6.08. The van der Waals surface area contributed by atoms with E-state index in [1.807, 2.05) is 32.0 Å². The standard InChI is InChI=1S/C15H15F3N2/c1-9-3-4-10(2)14(7-9)20-11-5-6-13(19)12(8-11)15(16,17)18/h3-8,20H,19H2,1-2H3. The van der Waals surface area contributed by atoms with Gasteiger partial charge >= 0.3 is 6.18 Å². The molecule has 0 spiro atoms. The van der Waals surface area contributed by atoms with Gasteiger partial charge in [0.15, 0.2) is 0 Å². The highest BCUT2D eigenvalue weighted by atomic mass is 19.4. The molecule has 0 bridgehead atoms. The summed E-state index contributed by atoms with van der Waals surface area (Å²) in [6.45, 7) is 3.82. The van der Waals surface area contributed by atoms with Crippen LogP contribution >= 0.6 is 0 Å². The lowest BCUT2D eigenvalue weighted by atomic mass is 10.1. The molecule has 2 aromatic carbocycles. The Hall–Kier alpha value is -2.17. The number of rotatable bonds is 2. The lowest BCUT2D eigenvalue weighted by Crippen LogP contribution is -2.09. The van der Waals surface area contributed by atoms with Crippen LogP contribution in [0.5, 0.6) is 0 Å². The van der Waals surface area contributed by atoms with Crippen molar-refractivity contribution in [3.05, 3.63) is 53.1 Å². The van der Waals surface area contributed by atoms with Gasteiger partial charge in [-0.2, -0.15) is 13.2 Å². The number of benzene rings is 2. The van der Waals surface area contributed by atoms with Crippen molar-refractivity contribution < 1.29 is 13.2 Å². The molecule has 0 aliphatic heterocycles. The molecular weight excluding hydrogens is 265 g/mol. The minimum Gasteiger partial charge on any atom is -0.398 e. The maximum absolute atomic E-state index is 12.8. The highest BCUT2D eigenvalue weighted by Gasteiger charge is 2.33. The fraction of sp³-hybridized carbons (Fsp3) is 0.200. The Labute approximate surface area is 115 Å². The minimum atomic E-state index is -4.45. The molecule has 2 rings (SSSR count). The lowest BCUT2D eigenvalue weighted by molar-refractivity contribution is -0.136. The molecule has 0 saturated carbocycles. The number of aryl methyl sites for hydroxylation is 2. The number of alkyl halides is 3. The van der Waals surface area contributed by atoms with E-state index in [-0.39, 0.29) is 5.69 Å². The van der Waals surface area contributed by atoms with E-state index in [1.54, 1.807) is 0 Å². The van der Waals surface area contributed by atoms with Crippen LogP contribution in [0, 0.1) is 13.8 Å². The number of hydrogen-bond acceptors (Lipinski definition) is 2. The lowest BCUT2D eigenvalue weighted by Gasteiger charge is -2.14. The van der Waals surface area contributed by atoms with Crippen molar-refractivity contribution in [2.75, 3.05) is 11.1 Å². The van der Waals surface area contributed by atoms with Crippen LogP contribution in [0.4, 0.5) is 30.2 Å². The van der Waals surface area contributed by atoms with Gasteiger partial charge in [-0.05, 0) is 49.2 Å². The topological polar surface area (TPSA) is 38.0 Å². The van der Waals surface area contributed by atoms with E-state index in [9.17, 15) is 13.2 Å². The molecule has 0 amide bonds. The molecule has 0 fully saturated rings. The molecule has 5 heteroatoms. The predicted octanol–water partition coefficient (Wildman–Crippen LogP) is 4.65. The third kappa shape index (κ3) is 3.04. The fourth-order valence-corrected chi connectivity index (χ4v) is 1.91. The predicted molar refractivity (Wildman–Crippen MR) is 75.1 cm³/mol. The highest BCUT2D eigenvalue weighted by Crippen LogP contribution is 2.36. The van der Waals surface area contributed by atoms with Gasteiger partial charge in [0.25, 0.3) is 0 Å². The molecule has 3 N–H and O–H groups in total. The number of nitrogen functional groups attached to an aromatic ring is 1. The van der Waals surface area contributed by atoms with Crippen LogP contribution in [0.25, 0.3) is 0 Å². The van der Waals surface area contributed by atoms with Crippen LogP contribution in [0.1, 0.15) is 16.7 Å². The fourth-order valence-electron chi connectivity index (χ4n) is 1.91.